The largest absolute Gasteiger partial charge is 0.493 e. The number of hydrogen-bond acceptors (Lipinski definition) is 3. The number of methoxy groups -OCH3 is 2. The standard InChI is InChI=1S/C11H13ClO4/c1-6(11(13)14)7-4-8(12)10(16-3)9(5-7)15-2/h4-6H,1-3H3,(H,13,14). The minimum absolute atomic E-state index is 0.338. The molecule has 0 amide bonds. The van der Waals surface area contributed by atoms with Crippen molar-refractivity contribution in [3.8, 4) is 11.5 Å². The van der Waals surface area contributed by atoms with Crippen molar-refractivity contribution in [1.82, 2.24) is 0 Å². The monoisotopic (exact) mass is 244 g/mol. The van der Waals surface area contributed by atoms with E-state index in [1.165, 1.54) is 14.2 Å². The van der Waals surface area contributed by atoms with E-state index < -0.39 is 11.9 Å². The van der Waals surface area contributed by atoms with Crippen LogP contribution >= 0.6 is 11.6 Å². The van der Waals surface area contributed by atoms with Gasteiger partial charge in [0.2, 0.25) is 0 Å². The van der Waals surface area contributed by atoms with Crippen molar-refractivity contribution in [3.05, 3.63) is 22.7 Å². The van der Waals surface area contributed by atoms with Gasteiger partial charge in [-0.3, -0.25) is 4.79 Å². The summed E-state index contributed by atoms with van der Waals surface area (Å²) < 4.78 is 10.1. The van der Waals surface area contributed by atoms with Crippen LogP contribution in [0.2, 0.25) is 5.02 Å². The molecule has 1 N–H and O–H groups in total. The fourth-order valence-electron chi connectivity index (χ4n) is 1.33. The van der Waals surface area contributed by atoms with Gasteiger partial charge in [0.15, 0.2) is 11.5 Å². The minimum Gasteiger partial charge on any atom is -0.493 e. The molecule has 4 nitrogen and oxygen atoms in total. The van der Waals surface area contributed by atoms with Gasteiger partial charge in [0.05, 0.1) is 25.2 Å². The van der Waals surface area contributed by atoms with Crippen LogP contribution in [0.1, 0.15) is 18.4 Å². The molecule has 0 saturated heterocycles. The molecule has 1 unspecified atom stereocenters. The smallest absolute Gasteiger partial charge is 0.310 e. The normalized spacial score (nSPS) is 12.0. The molecule has 1 rings (SSSR count). The maximum Gasteiger partial charge on any atom is 0.310 e. The van der Waals surface area contributed by atoms with E-state index in [0.29, 0.717) is 22.1 Å². The topological polar surface area (TPSA) is 55.8 Å². The number of rotatable bonds is 4. The zero-order valence-corrected chi connectivity index (χ0v) is 10.0. The van der Waals surface area contributed by atoms with Crippen molar-refractivity contribution in [1.29, 1.82) is 0 Å². The van der Waals surface area contributed by atoms with Gasteiger partial charge in [-0.05, 0) is 24.6 Å². The Morgan fingerprint density at radius 1 is 1.38 bits per heavy atom. The molecule has 1 atom stereocenters. The van der Waals surface area contributed by atoms with Crippen molar-refractivity contribution >= 4 is 17.6 Å². The average molecular weight is 245 g/mol. The van der Waals surface area contributed by atoms with Crippen molar-refractivity contribution in [2.24, 2.45) is 0 Å². The Morgan fingerprint density at radius 2 is 2.00 bits per heavy atom. The van der Waals surface area contributed by atoms with Crippen molar-refractivity contribution in [3.63, 3.8) is 0 Å². The van der Waals surface area contributed by atoms with E-state index in [1.807, 2.05) is 0 Å². The molecule has 0 spiro atoms. The molecule has 0 aromatic heterocycles. The van der Waals surface area contributed by atoms with Gasteiger partial charge in [0.1, 0.15) is 0 Å². The molecular formula is C11H13ClO4. The van der Waals surface area contributed by atoms with Gasteiger partial charge in [-0.15, -0.1) is 0 Å². The van der Waals surface area contributed by atoms with E-state index in [9.17, 15) is 4.79 Å². The predicted octanol–water partition coefficient (Wildman–Crippen LogP) is 2.55. The molecule has 0 bridgehead atoms. The number of carbonyl (C=O) groups is 1. The molecule has 0 aliphatic rings. The summed E-state index contributed by atoms with van der Waals surface area (Å²) in [6, 6.07) is 3.19. The number of ether oxygens (including phenoxy) is 2. The lowest BCUT2D eigenvalue weighted by molar-refractivity contribution is -0.138. The SMILES string of the molecule is COc1cc(C(C)C(=O)O)cc(Cl)c1OC. The van der Waals surface area contributed by atoms with Crippen LogP contribution in [0.25, 0.3) is 0 Å². The van der Waals surface area contributed by atoms with Crippen molar-refractivity contribution in [2.45, 2.75) is 12.8 Å². The number of hydrogen-bond donors (Lipinski definition) is 1. The zero-order chi connectivity index (χ0) is 12.3. The molecule has 0 saturated carbocycles. The molecular weight excluding hydrogens is 232 g/mol. The van der Waals surface area contributed by atoms with Crippen molar-refractivity contribution in [2.75, 3.05) is 14.2 Å². The molecule has 0 heterocycles. The molecule has 88 valence electrons. The van der Waals surface area contributed by atoms with Crippen LogP contribution in [0.15, 0.2) is 12.1 Å². The Balaban J connectivity index is 3.25. The van der Waals surface area contributed by atoms with Crippen LogP contribution in [0.3, 0.4) is 0 Å². The van der Waals surface area contributed by atoms with Crippen LogP contribution in [-0.4, -0.2) is 25.3 Å². The van der Waals surface area contributed by atoms with Crippen LogP contribution in [-0.2, 0) is 4.79 Å². The minimum atomic E-state index is -0.914. The maximum atomic E-state index is 10.8. The summed E-state index contributed by atoms with van der Waals surface area (Å²) in [6.45, 7) is 1.58. The number of aliphatic carboxylic acids is 1. The van der Waals surface area contributed by atoms with Gasteiger partial charge in [-0.1, -0.05) is 11.6 Å². The van der Waals surface area contributed by atoms with Crippen LogP contribution in [0.4, 0.5) is 0 Å². The fraction of sp³-hybridized carbons (Fsp3) is 0.364. The van der Waals surface area contributed by atoms with Gasteiger partial charge in [-0.25, -0.2) is 0 Å². The second-order valence-corrected chi connectivity index (χ2v) is 3.71. The van der Waals surface area contributed by atoms with E-state index in [2.05, 4.69) is 0 Å². The lowest BCUT2D eigenvalue weighted by Gasteiger charge is -2.13. The van der Waals surface area contributed by atoms with E-state index in [0.717, 1.165) is 0 Å². The Hall–Kier alpha value is -1.42. The Bertz CT molecular complexity index is 403. The summed E-state index contributed by atoms with van der Waals surface area (Å²) >= 11 is 5.96. The molecule has 0 radical (unpaired) electrons. The molecule has 1 aromatic rings. The molecule has 5 heteroatoms. The highest BCUT2D eigenvalue weighted by Gasteiger charge is 2.18. The van der Waals surface area contributed by atoms with E-state index in [-0.39, 0.29) is 0 Å². The van der Waals surface area contributed by atoms with Gasteiger partial charge in [0, 0.05) is 0 Å². The Labute approximate surface area is 98.7 Å². The molecule has 0 aliphatic carbocycles. The van der Waals surface area contributed by atoms with Crippen LogP contribution < -0.4 is 9.47 Å². The first-order valence-electron chi connectivity index (χ1n) is 4.65. The number of carboxylic acids is 1. The van der Waals surface area contributed by atoms with Gasteiger partial charge < -0.3 is 14.6 Å². The molecule has 1 aromatic carbocycles. The first-order valence-corrected chi connectivity index (χ1v) is 5.03. The molecule has 0 fully saturated rings. The summed E-state index contributed by atoms with van der Waals surface area (Å²) in [6.07, 6.45) is 0. The third-order valence-corrected chi connectivity index (χ3v) is 2.61. The second-order valence-electron chi connectivity index (χ2n) is 3.30. The second kappa shape index (κ2) is 5.07. The first-order chi connectivity index (χ1) is 7.51. The summed E-state index contributed by atoms with van der Waals surface area (Å²) in [7, 11) is 2.95. The number of halogens is 1. The zero-order valence-electron chi connectivity index (χ0n) is 9.28. The van der Waals surface area contributed by atoms with E-state index in [1.54, 1.807) is 19.1 Å². The van der Waals surface area contributed by atoms with E-state index in [4.69, 9.17) is 26.2 Å². The van der Waals surface area contributed by atoms with Gasteiger partial charge in [-0.2, -0.15) is 0 Å². The molecule has 0 aliphatic heterocycles. The third kappa shape index (κ3) is 2.39. The third-order valence-electron chi connectivity index (χ3n) is 2.33. The summed E-state index contributed by atoms with van der Waals surface area (Å²) in [5.41, 5.74) is 0.579. The Morgan fingerprint density at radius 3 is 2.44 bits per heavy atom. The predicted molar refractivity (Wildman–Crippen MR) is 60.6 cm³/mol. The van der Waals surface area contributed by atoms with Crippen LogP contribution in [0, 0.1) is 0 Å². The van der Waals surface area contributed by atoms with Crippen molar-refractivity contribution < 1.29 is 19.4 Å². The van der Waals surface area contributed by atoms with Gasteiger partial charge in [0.25, 0.3) is 0 Å². The quantitative estimate of drug-likeness (QED) is 0.884. The number of benzene rings is 1. The maximum absolute atomic E-state index is 10.8. The number of carboxylic acid groups (broad SMARTS) is 1. The fourth-order valence-corrected chi connectivity index (χ4v) is 1.63. The Kier molecular flexibility index (Phi) is 4.01. The van der Waals surface area contributed by atoms with Gasteiger partial charge >= 0.3 is 5.97 Å². The van der Waals surface area contributed by atoms with Crippen LogP contribution in [0.5, 0.6) is 11.5 Å². The summed E-state index contributed by atoms with van der Waals surface area (Å²) in [4.78, 5) is 10.8. The average Bonchev–Trinajstić information content (AvgIpc) is 2.26. The molecule has 16 heavy (non-hydrogen) atoms. The lowest BCUT2D eigenvalue weighted by atomic mass is 10.0. The first kappa shape index (κ1) is 12.6. The van der Waals surface area contributed by atoms with E-state index >= 15 is 0 Å². The highest BCUT2D eigenvalue weighted by molar-refractivity contribution is 6.32. The summed E-state index contributed by atoms with van der Waals surface area (Å²) in [5.74, 6) is -0.718. The highest BCUT2D eigenvalue weighted by Crippen LogP contribution is 2.37. The summed E-state index contributed by atoms with van der Waals surface area (Å²) in [5, 5.41) is 9.24. The highest BCUT2D eigenvalue weighted by atomic mass is 35.5. The lowest BCUT2D eigenvalue weighted by Crippen LogP contribution is -2.07.